The third kappa shape index (κ3) is 5.08. The predicted octanol–water partition coefficient (Wildman–Crippen LogP) is 13.7. The Morgan fingerprint density at radius 2 is 1.53 bits per heavy atom. The number of rotatable bonds is 3. The highest BCUT2D eigenvalue weighted by molar-refractivity contribution is 6.02. The van der Waals surface area contributed by atoms with Crippen LogP contribution >= 0.6 is 0 Å². The summed E-state index contributed by atoms with van der Waals surface area (Å²) in [6.45, 7) is 8.46. The van der Waals surface area contributed by atoms with Crippen molar-refractivity contribution in [3.63, 3.8) is 0 Å². The third-order valence-corrected chi connectivity index (χ3v) is 11.1. The van der Waals surface area contributed by atoms with Gasteiger partial charge in [0.05, 0.1) is 5.52 Å². The Morgan fingerprint density at radius 1 is 0.667 bits per heavy atom. The van der Waals surface area contributed by atoms with Crippen LogP contribution in [0.3, 0.4) is 0 Å². The summed E-state index contributed by atoms with van der Waals surface area (Å²) in [5, 5.41) is 5.20. The van der Waals surface area contributed by atoms with Gasteiger partial charge < -0.3 is 8.98 Å². The maximum Gasteiger partial charge on any atom is 0.143 e. The molecule has 3 aliphatic carbocycles. The Bertz CT molecular complexity index is 2650. The normalized spacial score (nSPS) is 14.5. The second-order valence-electron chi connectivity index (χ2n) is 13.9. The monoisotopic (exact) mass is 661 g/mol. The molecule has 0 radical (unpaired) electrons. The lowest BCUT2D eigenvalue weighted by Crippen LogP contribution is -2.05. The van der Waals surface area contributed by atoms with Crippen LogP contribution in [0.25, 0.3) is 79.3 Å². The minimum absolute atomic E-state index is 0.988. The summed E-state index contributed by atoms with van der Waals surface area (Å²) in [6, 6.07) is 32.0. The summed E-state index contributed by atoms with van der Waals surface area (Å²) < 4.78 is 9.05. The Kier molecular flexibility index (Phi) is 7.77. The molecule has 0 aliphatic heterocycles. The van der Waals surface area contributed by atoms with Gasteiger partial charge in [0.2, 0.25) is 0 Å². The van der Waals surface area contributed by atoms with Crippen molar-refractivity contribution in [2.75, 3.05) is 0 Å². The number of fused-ring (bicyclic) bond motifs is 9. The van der Waals surface area contributed by atoms with Crippen LogP contribution in [-0.4, -0.2) is 4.57 Å². The molecule has 0 atom stereocenters. The first-order valence-electron chi connectivity index (χ1n) is 18.7. The zero-order valence-electron chi connectivity index (χ0n) is 30.0. The molecule has 0 bridgehead atoms. The van der Waals surface area contributed by atoms with Crippen molar-refractivity contribution in [1.29, 1.82) is 0 Å². The average molecular weight is 662 g/mol. The largest absolute Gasteiger partial charge is 0.456 e. The molecule has 51 heavy (non-hydrogen) atoms. The van der Waals surface area contributed by atoms with Gasteiger partial charge in [-0.2, -0.15) is 0 Å². The van der Waals surface area contributed by atoms with Gasteiger partial charge >= 0.3 is 0 Å². The van der Waals surface area contributed by atoms with E-state index < -0.39 is 0 Å². The zero-order valence-corrected chi connectivity index (χ0v) is 30.0. The van der Waals surface area contributed by atoms with Crippen molar-refractivity contribution in [2.45, 2.75) is 59.8 Å². The molecular formula is C49H43NO. The van der Waals surface area contributed by atoms with E-state index in [0.717, 1.165) is 43.4 Å². The average Bonchev–Trinajstić information content (AvgIpc) is 3.60. The minimum atomic E-state index is 0.988. The highest BCUT2D eigenvalue weighted by atomic mass is 16.3. The smallest absolute Gasteiger partial charge is 0.143 e. The van der Waals surface area contributed by atoms with E-state index in [1.54, 1.807) is 0 Å². The molecule has 2 heteroatoms. The van der Waals surface area contributed by atoms with E-state index in [1.807, 2.05) is 13.8 Å². The number of benzene rings is 5. The number of allylic oxidation sites excluding steroid dienone is 4. The highest BCUT2D eigenvalue weighted by Crippen LogP contribution is 2.43. The van der Waals surface area contributed by atoms with Gasteiger partial charge in [-0.3, -0.25) is 0 Å². The molecule has 0 saturated carbocycles. The van der Waals surface area contributed by atoms with Gasteiger partial charge in [-0.05, 0) is 132 Å². The van der Waals surface area contributed by atoms with E-state index in [4.69, 9.17) is 4.42 Å². The zero-order chi connectivity index (χ0) is 34.6. The van der Waals surface area contributed by atoms with E-state index in [1.165, 1.54) is 94.1 Å². The van der Waals surface area contributed by atoms with Gasteiger partial charge in [-0.25, -0.2) is 0 Å². The van der Waals surface area contributed by atoms with Crippen LogP contribution in [0.2, 0.25) is 0 Å². The topological polar surface area (TPSA) is 18.1 Å². The fourth-order valence-corrected chi connectivity index (χ4v) is 8.65. The number of para-hydroxylation sites is 1. The van der Waals surface area contributed by atoms with Crippen molar-refractivity contribution in [3.05, 3.63) is 154 Å². The number of hydrogen-bond donors (Lipinski definition) is 0. The third-order valence-electron chi connectivity index (χ3n) is 11.1. The van der Waals surface area contributed by atoms with Gasteiger partial charge in [0.25, 0.3) is 0 Å². The molecule has 0 unspecified atom stereocenters. The molecule has 0 fully saturated rings. The molecule has 5 aromatic carbocycles. The molecule has 0 saturated heterocycles. The molecule has 7 aromatic rings. The fourth-order valence-electron chi connectivity index (χ4n) is 8.65. The van der Waals surface area contributed by atoms with Crippen LogP contribution in [0, 0.1) is 13.8 Å². The Morgan fingerprint density at radius 3 is 2.43 bits per heavy atom. The summed E-state index contributed by atoms with van der Waals surface area (Å²) in [4.78, 5) is 0. The van der Waals surface area contributed by atoms with Gasteiger partial charge in [0.15, 0.2) is 0 Å². The lowest BCUT2D eigenvalue weighted by Gasteiger charge is -2.19. The van der Waals surface area contributed by atoms with E-state index in [0.29, 0.717) is 0 Å². The van der Waals surface area contributed by atoms with Crippen LogP contribution in [0.1, 0.15) is 83.5 Å². The van der Waals surface area contributed by atoms with Crippen molar-refractivity contribution in [1.82, 2.24) is 4.57 Å². The molecule has 2 heterocycles. The first kappa shape index (κ1) is 31.4. The molecule has 0 N–H and O–H groups in total. The summed E-state index contributed by atoms with van der Waals surface area (Å²) in [7, 11) is 0. The quantitative estimate of drug-likeness (QED) is 0.184. The van der Waals surface area contributed by atoms with Crippen LogP contribution in [0.5, 0.6) is 0 Å². The van der Waals surface area contributed by atoms with Gasteiger partial charge in [-0.1, -0.05) is 105 Å². The van der Waals surface area contributed by atoms with Crippen molar-refractivity contribution in [2.24, 2.45) is 0 Å². The lowest BCUT2D eigenvalue weighted by molar-refractivity contribution is 0.596. The number of nitrogens with zero attached hydrogens (tertiary/aromatic N) is 1. The second kappa shape index (κ2) is 12.6. The van der Waals surface area contributed by atoms with Crippen LogP contribution in [-0.2, 0) is 12.8 Å². The SMILES string of the molecule is CC.Cc1cc(-n2c3c(c4ccccc42)C=C(c2ccc4c5c(ccc4c2)C=CCC=C5)CC3)ccc1-c1c(C)ccc2c3c(oc12)C=CCC3. The van der Waals surface area contributed by atoms with E-state index >= 15 is 0 Å². The molecule has 2 aromatic heterocycles. The molecule has 10 rings (SSSR count). The highest BCUT2D eigenvalue weighted by Gasteiger charge is 2.24. The molecule has 0 spiro atoms. The van der Waals surface area contributed by atoms with E-state index in [9.17, 15) is 0 Å². The van der Waals surface area contributed by atoms with Crippen LogP contribution in [0.15, 0.2) is 108 Å². The molecule has 250 valence electrons. The maximum atomic E-state index is 6.54. The van der Waals surface area contributed by atoms with Crippen LogP contribution < -0.4 is 0 Å². The molecule has 2 nitrogen and oxygen atoms in total. The lowest BCUT2D eigenvalue weighted by atomic mass is 9.89. The fraction of sp³-hybridized carbons (Fsp3) is 0.184. The standard InChI is InChI=1S/C47H37NO.C2H6/c1-29-16-22-41-40-13-7-9-15-45(40)49-47(41)46(29)36-24-21-35(26-30(36)2)48-43-14-8-6-12-39(43)42-28-33(20-25-44(42)48)32-19-23-38-34(27-32)18-17-31-10-4-3-5-11-37(31)38;1-2/h4-6,8-12,14-19,21-24,26-28H,3,7,13,20,25H2,1-2H3;1-2H3. The molecule has 0 amide bonds. The summed E-state index contributed by atoms with van der Waals surface area (Å²) in [6.07, 6.45) is 21.0. The Balaban J connectivity index is 0.00000171. The van der Waals surface area contributed by atoms with E-state index in [2.05, 4.69) is 146 Å². The number of furan rings is 1. The Labute approximate surface area is 300 Å². The minimum Gasteiger partial charge on any atom is -0.456 e. The number of hydrogen-bond acceptors (Lipinski definition) is 1. The molecule has 3 aliphatic rings. The summed E-state index contributed by atoms with van der Waals surface area (Å²) >= 11 is 0. The molecular weight excluding hydrogens is 619 g/mol. The van der Waals surface area contributed by atoms with E-state index in [-0.39, 0.29) is 0 Å². The Hall–Kier alpha value is -5.60. The second-order valence-corrected chi connectivity index (χ2v) is 13.9. The summed E-state index contributed by atoms with van der Waals surface area (Å²) in [5.41, 5.74) is 17.9. The van der Waals surface area contributed by atoms with Gasteiger partial charge in [-0.15, -0.1) is 0 Å². The predicted molar refractivity (Wildman–Crippen MR) is 219 cm³/mol. The number of aryl methyl sites for hydroxylation is 3. The first-order chi connectivity index (χ1) is 25.1. The summed E-state index contributed by atoms with van der Waals surface area (Å²) in [5.74, 6) is 1.02. The van der Waals surface area contributed by atoms with Crippen molar-refractivity contribution >= 4 is 62.5 Å². The van der Waals surface area contributed by atoms with Crippen molar-refractivity contribution in [3.8, 4) is 16.8 Å². The number of aromatic nitrogens is 1. The van der Waals surface area contributed by atoms with Crippen molar-refractivity contribution < 1.29 is 4.42 Å². The van der Waals surface area contributed by atoms with Gasteiger partial charge in [0.1, 0.15) is 11.3 Å². The first-order valence-corrected chi connectivity index (χ1v) is 18.7. The van der Waals surface area contributed by atoms with Crippen LogP contribution in [0.4, 0.5) is 0 Å². The maximum absolute atomic E-state index is 6.54. The van der Waals surface area contributed by atoms with Gasteiger partial charge in [0, 0.05) is 38.8 Å².